The Kier molecular flexibility index (Phi) is 3.73. The van der Waals surface area contributed by atoms with E-state index in [1.165, 1.54) is 23.5 Å². The normalized spacial score (nSPS) is 11.2. The van der Waals surface area contributed by atoms with Crippen LogP contribution in [0.1, 0.15) is 5.69 Å². The summed E-state index contributed by atoms with van der Waals surface area (Å²) in [6.07, 6.45) is 1.94. The molecule has 1 N–H and O–H groups in total. The van der Waals surface area contributed by atoms with Crippen LogP contribution < -0.4 is 10.1 Å². The lowest BCUT2D eigenvalue weighted by molar-refractivity contribution is 0.452. The first-order chi connectivity index (χ1) is 9.67. The minimum absolute atomic E-state index is 0.356. The predicted octanol–water partition coefficient (Wildman–Crippen LogP) is 3.81. The zero-order chi connectivity index (χ0) is 14.1. The number of imidazole rings is 1. The first-order valence-corrected chi connectivity index (χ1v) is 7.57. The summed E-state index contributed by atoms with van der Waals surface area (Å²) in [7, 11) is 1.86. The fourth-order valence-electron chi connectivity index (χ4n) is 1.92. The number of hydrogen-bond donors (Lipinski definition) is 1. The summed E-state index contributed by atoms with van der Waals surface area (Å²) in [6, 6.07) is 4.42. The molecular weight excluding hydrogens is 345 g/mol. The number of fused-ring (bicyclic) bond motifs is 1. The molecule has 2 aromatic heterocycles. The number of thiazole rings is 1. The highest BCUT2D eigenvalue weighted by Crippen LogP contribution is 2.29. The van der Waals surface area contributed by atoms with Crippen molar-refractivity contribution < 1.29 is 9.13 Å². The first-order valence-electron chi connectivity index (χ1n) is 5.90. The molecule has 0 saturated carbocycles. The van der Waals surface area contributed by atoms with Crippen molar-refractivity contribution in [2.75, 3.05) is 7.05 Å². The van der Waals surface area contributed by atoms with Gasteiger partial charge in [0.2, 0.25) is 5.88 Å². The van der Waals surface area contributed by atoms with Gasteiger partial charge in [-0.15, -0.1) is 11.3 Å². The molecule has 104 valence electrons. The van der Waals surface area contributed by atoms with Gasteiger partial charge in [0.25, 0.3) is 0 Å². The minimum Gasteiger partial charge on any atom is -0.437 e. The van der Waals surface area contributed by atoms with Gasteiger partial charge >= 0.3 is 0 Å². The molecule has 7 heteroatoms. The molecule has 0 radical (unpaired) electrons. The predicted molar refractivity (Wildman–Crippen MR) is 80.0 cm³/mol. The van der Waals surface area contributed by atoms with Crippen LogP contribution in [0.15, 0.2) is 34.2 Å². The third-order valence-corrected chi connectivity index (χ3v) is 3.93. The average Bonchev–Trinajstić information content (AvgIpc) is 2.92. The Bertz CT molecular complexity index is 735. The third kappa shape index (κ3) is 2.56. The van der Waals surface area contributed by atoms with Crippen LogP contribution in [0.5, 0.6) is 11.6 Å². The molecule has 0 unspecified atom stereocenters. The van der Waals surface area contributed by atoms with Crippen molar-refractivity contribution in [3.63, 3.8) is 0 Å². The number of nitrogens with one attached hydrogen (secondary N) is 1. The first kappa shape index (κ1) is 13.5. The Balaban J connectivity index is 2.00. The largest absolute Gasteiger partial charge is 0.437 e. The van der Waals surface area contributed by atoms with Crippen LogP contribution in [-0.4, -0.2) is 16.4 Å². The number of aromatic nitrogens is 2. The molecule has 2 heterocycles. The Morgan fingerprint density at radius 2 is 2.30 bits per heavy atom. The Morgan fingerprint density at radius 3 is 3.05 bits per heavy atom. The van der Waals surface area contributed by atoms with Crippen molar-refractivity contribution in [1.82, 2.24) is 14.7 Å². The van der Waals surface area contributed by atoms with Crippen LogP contribution in [0.3, 0.4) is 0 Å². The number of halogens is 2. The topological polar surface area (TPSA) is 38.6 Å². The lowest BCUT2D eigenvalue weighted by atomic mass is 10.3. The van der Waals surface area contributed by atoms with Gasteiger partial charge in [-0.25, -0.2) is 4.39 Å². The van der Waals surface area contributed by atoms with Crippen molar-refractivity contribution in [2.24, 2.45) is 0 Å². The summed E-state index contributed by atoms with van der Waals surface area (Å²) in [5.74, 6) is 0.550. The fourth-order valence-corrected chi connectivity index (χ4v) is 3.09. The van der Waals surface area contributed by atoms with Crippen molar-refractivity contribution in [2.45, 2.75) is 6.54 Å². The monoisotopic (exact) mass is 355 g/mol. The van der Waals surface area contributed by atoms with E-state index < -0.39 is 0 Å². The van der Waals surface area contributed by atoms with E-state index in [4.69, 9.17) is 4.74 Å². The molecular formula is C13H11BrFN3OS. The molecule has 0 spiro atoms. The Morgan fingerprint density at radius 1 is 1.45 bits per heavy atom. The number of rotatable bonds is 4. The highest BCUT2D eigenvalue weighted by atomic mass is 79.9. The van der Waals surface area contributed by atoms with Crippen LogP contribution in [0.4, 0.5) is 4.39 Å². The number of hydrogen-bond acceptors (Lipinski definition) is 4. The Labute approximate surface area is 127 Å². The van der Waals surface area contributed by atoms with Gasteiger partial charge < -0.3 is 10.1 Å². The van der Waals surface area contributed by atoms with Gasteiger partial charge in [0.05, 0.1) is 0 Å². The molecule has 20 heavy (non-hydrogen) atoms. The van der Waals surface area contributed by atoms with Crippen molar-refractivity contribution in [3.05, 3.63) is 45.8 Å². The van der Waals surface area contributed by atoms with Crippen molar-refractivity contribution in [1.29, 1.82) is 0 Å². The van der Waals surface area contributed by atoms with E-state index in [9.17, 15) is 4.39 Å². The molecule has 1 aromatic carbocycles. The molecule has 0 bridgehead atoms. The summed E-state index contributed by atoms with van der Waals surface area (Å²) in [5, 5.41) is 5.04. The van der Waals surface area contributed by atoms with E-state index in [1.807, 2.05) is 23.0 Å². The maximum atomic E-state index is 13.4. The second kappa shape index (κ2) is 5.51. The lowest BCUT2D eigenvalue weighted by Gasteiger charge is -2.06. The SMILES string of the molecule is CNCc1c(Oc2cc(F)cc(Br)c2)nc2sccn12. The maximum Gasteiger partial charge on any atom is 0.243 e. The highest BCUT2D eigenvalue weighted by molar-refractivity contribution is 9.10. The third-order valence-electron chi connectivity index (χ3n) is 2.72. The summed E-state index contributed by atoms with van der Waals surface area (Å²) in [4.78, 5) is 5.28. The smallest absolute Gasteiger partial charge is 0.243 e. The van der Waals surface area contributed by atoms with E-state index in [-0.39, 0.29) is 5.82 Å². The van der Waals surface area contributed by atoms with Crippen LogP contribution in [0.2, 0.25) is 0 Å². The van der Waals surface area contributed by atoms with Crippen molar-refractivity contribution in [3.8, 4) is 11.6 Å². The van der Waals surface area contributed by atoms with Gasteiger partial charge in [-0.1, -0.05) is 15.9 Å². The van der Waals surface area contributed by atoms with Gasteiger partial charge in [-0.2, -0.15) is 4.98 Å². The van der Waals surface area contributed by atoms with Crippen LogP contribution in [0, 0.1) is 5.82 Å². The van der Waals surface area contributed by atoms with E-state index in [0.29, 0.717) is 22.6 Å². The summed E-state index contributed by atoms with van der Waals surface area (Å²) in [5.41, 5.74) is 0.907. The maximum absolute atomic E-state index is 13.4. The quantitative estimate of drug-likeness (QED) is 0.773. The van der Waals surface area contributed by atoms with Crippen LogP contribution in [-0.2, 0) is 6.54 Å². The van der Waals surface area contributed by atoms with Gasteiger partial charge in [0.1, 0.15) is 17.3 Å². The molecule has 4 nitrogen and oxygen atoms in total. The van der Waals surface area contributed by atoms with E-state index in [1.54, 1.807) is 6.07 Å². The standard InChI is InChI=1S/C13H11BrFN3OS/c1-16-7-11-12(17-13-18(11)2-3-20-13)19-10-5-8(14)4-9(15)6-10/h2-6,16H,7H2,1H3. The Hall–Kier alpha value is -1.44. The summed E-state index contributed by atoms with van der Waals surface area (Å²) < 4.78 is 21.7. The summed E-state index contributed by atoms with van der Waals surface area (Å²) in [6.45, 7) is 0.615. The van der Waals surface area contributed by atoms with E-state index in [2.05, 4.69) is 26.2 Å². The molecule has 3 aromatic rings. The minimum atomic E-state index is -0.356. The van der Waals surface area contributed by atoms with Crippen LogP contribution >= 0.6 is 27.3 Å². The van der Waals surface area contributed by atoms with E-state index >= 15 is 0 Å². The fraction of sp³-hybridized carbons (Fsp3) is 0.154. The molecule has 0 fully saturated rings. The summed E-state index contributed by atoms with van der Waals surface area (Å²) >= 11 is 4.77. The van der Waals surface area contributed by atoms with Gasteiger partial charge in [-0.3, -0.25) is 4.40 Å². The molecule has 3 rings (SSSR count). The molecule has 0 aliphatic rings. The number of nitrogens with zero attached hydrogens (tertiary/aromatic N) is 2. The lowest BCUT2D eigenvalue weighted by Crippen LogP contribution is -2.08. The van der Waals surface area contributed by atoms with Crippen molar-refractivity contribution >= 4 is 32.2 Å². The molecule has 0 amide bonds. The molecule has 0 aliphatic carbocycles. The highest BCUT2D eigenvalue weighted by Gasteiger charge is 2.15. The van der Waals surface area contributed by atoms with Gasteiger partial charge in [0, 0.05) is 28.7 Å². The second-order valence-electron chi connectivity index (χ2n) is 4.16. The molecule has 0 atom stereocenters. The molecule has 0 aliphatic heterocycles. The van der Waals surface area contributed by atoms with E-state index in [0.717, 1.165) is 10.7 Å². The number of ether oxygens (including phenoxy) is 1. The average molecular weight is 356 g/mol. The number of benzene rings is 1. The molecule has 0 saturated heterocycles. The zero-order valence-corrected chi connectivity index (χ0v) is 13.0. The van der Waals surface area contributed by atoms with Crippen LogP contribution in [0.25, 0.3) is 4.96 Å². The van der Waals surface area contributed by atoms with Gasteiger partial charge in [0.15, 0.2) is 4.96 Å². The van der Waals surface area contributed by atoms with Gasteiger partial charge in [-0.05, 0) is 19.2 Å². The zero-order valence-electron chi connectivity index (χ0n) is 10.6. The second-order valence-corrected chi connectivity index (χ2v) is 5.95.